The lowest BCUT2D eigenvalue weighted by molar-refractivity contribution is 0.0930. The molecule has 1 amide bonds. The number of aryl methyl sites for hydroxylation is 3. The summed E-state index contributed by atoms with van der Waals surface area (Å²) < 4.78 is 9.14. The smallest absolute Gasteiger partial charge is 0.251 e. The van der Waals surface area contributed by atoms with Gasteiger partial charge in [0, 0.05) is 43.0 Å². The molecule has 0 saturated heterocycles. The Morgan fingerprint density at radius 2 is 1.95 bits per heavy atom. The quantitative estimate of drug-likeness (QED) is 0.380. The van der Waals surface area contributed by atoms with Crippen LogP contribution in [0.1, 0.15) is 51.6 Å². The number of amides is 1. The lowest BCUT2D eigenvalue weighted by Gasteiger charge is -2.19. The van der Waals surface area contributed by atoms with Gasteiger partial charge in [0.1, 0.15) is 0 Å². The van der Waals surface area contributed by atoms with Crippen LogP contribution in [0.25, 0.3) is 11.1 Å². The molecule has 4 aromatic rings. The second-order valence-electron chi connectivity index (χ2n) is 9.90. The first-order chi connectivity index (χ1) is 17.8. The van der Waals surface area contributed by atoms with Crippen LogP contribution in [0.2, 0.25) is 0 Å². The Morgan fingerprint density at radius 3 is 2.62 bits per heavy atom. The lowest BCUT2D eigenvalue weighted by atomic mass is 9.98. The number of ether oxygens (including phenoxy) is 1. The third-order valence-electron chi connectivity index (χ3n) is 6.81. The van der Waals surface area contributed by atoms with Crippen LogP contribution in [0.4, 0.5) is 0 Å². The third-order valence-corrected chi connectivity index (χ3v) is 6.81. The van der Waals surface area contributed by atoms with Gasteiger partial charge in [-0.15, -0.1) is 0 Å². The first kappa shape index (κ1) is 24.5. The van der Waals surface area contributed by atoms with E-state index in [9.17, 15) is 4.79 Å². The topological polar surface area (TPSA) is 97.8 Å². The molecule has 37 heavy (non-hydrogen) atoms. The Bertz CT molecular complexity index is 1520. The molecule has 1 aliphatic rings. The minimum atomic E-state index is -0.146. The fraction of sp³-hybridized carbons (Fsp3) is 0.310. The van der Waals surface area contributed by atoms with Crippen LogP contribution in [0.3, 0.4) is 0 Å². The molecule has 8 nitrogen and oxygen atoms in total. The van der Waals surface area contributed by atoms with Gasteiger partial charge in [0.05, 0.1) is 25.4 Å². The summed E-state index contributed by atoms with van der Waals surface area (Å²) >= 11 is 0. The van der Waals surface area contributed by atoms with Gasteiger partial charge in [-0.05, 0) is 91.3 Å². The molecule has 0 aliphatic heterocycles. The van der Waals surface area contributed by atoms with E-state index in [-0.39, 0.29) is 11.9 Å². The van der Waals surface area contributed by atoms with Gasteiger partial charge < -0.3 is 19.2 Å². The molecule has 1 unspecified atom stereocenters. The Morgan fingerprint density at radius 1 is 1.14 bits per heavy atom. The van der Waals surface area contributed by atoms with Crippen LogP contribution in [-0.2, 0) is 13.6 Å². The van der Waals surface area contributed by atoms with Crippen molar-refractivity contribution in [2.75, 3.05) is 7.11 Å². The van der Waals surface area contributed by atoms with Gasteiger partial charge in [0.25, 0.3) is 5.91 Å². The van der Waals surface area contributed by atoms with Gasteiger partial charge in [0.2, 0.25) is 11.5 Å². The number of nitrogens with one attached hydrogen (secondary N) is 2. The molecule has 1 saturated carbocycles. The summed E-state index contributed by atoms with van der Waals surface area (Å²) in [5.74, 6) is 0.752. The van der Waals surface area contributed by atoms with Gasteiger partial charge in [-0.25, -0.2) is 4.98 Å². The Labute approximate surface area is 216 Å². The van der Waals surface area contributed by atoms with E-state index in [0.717, 1.165) is 46.4 Å². The number of rotatable bonds is 8. The second-order valence-corrected chi connectivity index (χ2v) is 9.90. The van der Waals surface area contributed by atoms with Crippen molar-refractivity contribution < 1.29 is 9.53 Å². The average Bonchev–Trinajstić information content (AvgIpc) is 3.69. The molecule has 1 atom stereocenters. The van der Waals surface area contributed by atoms with E-state index in [1.807, 2.05) is 68.2 Å². The van der Waals surface area contributed by atoms with Gasteiger partial charge in [-0.1, -0.05) is 0 Å². The standard InChI is InChI=1S/C29H32N6O2/c1-18-7-8-31-25(12-18)26(21-5-6-21)33-27(36)23-14-20(17-35-10-9-34(3)29(35)30)13-22(15-23)24-11-19(2)16-32-28(24)37-4/h7-16,21,26,30H,5-6,17H2,1-4H3,(H,33,36). The zero-order chi connectivity index (χ0) is 26.1. The zero-order valence-corrected chi connectivity index (χ0v) is 21.7. The fourth-order valence-electron chi connectivity index (χ4n) is 4.66. The highest BCUT2D eigenvalue weighted by molar-refractivity contribution is 5.96. The number of carbonyl (C=O) groups is 1. The minimum Gasteiger partial charge on any atom is -0.481 e. The van der Waals surface area contributed by atoms with E-state index >= 15 is 0 Å². The number of hydrogen-bond acceptors (Lipinski definition) is 5. The molecule has 3 aromatic heterocycles. The van der Waals surface area contributed by atoms with Crippen molar-refractivity contribution in [2.24, 2.45) is 13.0 Å². The summed E-state index contributed by atoms with van der Waals surface area (Å²) in [6.07, 6.45) is 9.45. The lowest BCUT2D eigenvalue weighted by Crippen LogP contribution is -2.30. The Kier molecular flexibility index (Phi) is 6.65. The third kappa shape index (κ3) is 5.33. The fourth-order valence-corrected chi connectivity index (χ4v) is 4.66. The number of hydrogen-bond donors (Lipinski definition) is 2. The van der Waals surface area contributed by atoms with Crippen molar-refractivity contribution >= 4 is 5.91 Å². The minimum absolute atomic E-state index is 0.127. The molecule has 0 radical (unpaired) electrons. The van der Waals surface area contributed by atoms with Gasteiger partial charge in [0.15, 0.2) is 0 Å². The van der Waals surface area contributed by atoms with Crippen LogP contribution in [0.5, 0.6) is 5.88 Å². The van der Waals surface area contributed by atoms with Crippen molar-refractivity contribution in [2.45, 2.75) is 39.3 Å². The molecule has 3 heterocycles. The van der Waals surface area contributed by atoms with Crippen LogP contribution in [-0.4, -0.2) is 32.1 Å². The van der Waals surface area contributed by atoms with E-state index in [0.29, 0.717) is 29.5 Å². The second kappa shape index (κ2) is 10.0. The van der Waals surface area contributed by atoms with Gasteiger partial charge in [-0.3, -0.25) is 15.2 Å². The molecule has 1 fully saturated rings. The maximum Gasteiger partial charge on any atom is 0.251 e. The molecular weight excluding hydrogens is 464 g/mol. The molecule has 2 N–H and O–H groups in total. The largest absolute Gasteiger partial charge is 0.481 e. The summed E-state index contributed by atoms with van der Waals surface area (Å²) in [6.45, 7) is 4.48. The molecule has 0 bridgehead atoms. The number of methoxy groups -OCH3 is 1. The van der Waals surface area contributed by atoms with Crippen molar-refractivity contribution in [3.8, 4) is 17.0 Å². The first-order valence-electron chi connectivity index (χ1n) is 12.5. The highest BCUT2D eigenvalue weighted by Crippen LogP contribution is 2.41. The number of benzene rings is 1. The Balaban J connectivity index is 1.55. The SMILES string of the molecule is COc1ncc(C)cc1-c1cc(Cn2ccn(C)c2=N)cc(C(=O)NC(c2cc(C)ccn2)C2CC2)c1. The predicted molar refractivity (Wildman–Crippen MR) is 141 cm³/mol. The van der Waals surface area contributed by atoms with E-state index in [1.165, 1.54) is 0 Å². The average molecular weight is 497 g/mol. The van der Waals surface area contributed by atoms with Crippen LogP contribution >= 0.6 is 0 Å². The molecule has 190 valence electrons. The van der Waals surface area contributed by atoms with Crippen LogP contribution in [0, 0.1) is 25.2 Å². The maximum absolute atomic E-state index is 13.7. The van der Waals surface area contributed by atoms with Crippen molar-refractivity contribution in [1.29, 1.82) is 5.41 Å². The monoisotopic (exact) mass is 496 g/mol. The van der Waals surface area contributed by atoms with Crippen molar-refractivity contribution in [3.05, 3.63) is 94.8 Å². The predicted octanol–water partition coefficient (Wildman–Crippen LogP) is 4.32. The number of aromatic nitrogens is 4. The van der Waals surface area contributed by atoms with E-state index < -0.39 is 0 Å². The molecule has 5 rings (SSSR count). The summed E-state index contributed by atoms with van der Waals surface area (Å²) in [5, 5.41) is 11.6. The number of carbonyl (C=O) groups excluding carboxylic acids is 1. The normalized spacial score (nSPS) is 13.8. The highest BCUT2D eigenvalue weighted by atomic mass is 16.5. The maximum atomic E-state index is 13.7. The summed E-state index contributed by atoms with van der Waals surface area (Å²) in [7, 11) is 3.44. The molecular formula is C29H32N6O2. The number of imidazole rings is 1. The number of nitrogens with zero attached hydrogens (tertiary/aromatic N) is 4. The molecule has 8 heteroatoms. The van der Waals surface area contributed by atoms with Gasteiger partial charge in [-0.2, -0.15) is 0 Å². The first-order valence-corrected chi connectivity index (χ1v) is 12.5. The van der Waals surface area contributed by atoms with E-state index in [2.05, 4.69) is 21.4 Å². The zero-order valence-electron chi connectivity index (χ0n) is 21.7. The summed E-state index contributed by atoms with van der Waals surface area (Å²) in [4.78, 5) is 22.7. The summed E-state index contributed by atoms with van der Waals surface area (Å²) in [6, 6.07) is 11.7. The van der Waals surface area contributed by atoms with E-state index in [1.54, 1.807) is 24.1 Å². The van der Waals surface area contributed by atoms with Crippen LogP contribution in [0.15, 0.2) is 61.2 Å². The van der Waals surface area contributed by atoms with Crippen molar-refractivity contribution in [3.63, 3.8) is 0 Å². The Hall–Kier alpha value is -4.20. The summed E-state index contributed by atoms with van der Waals surface area (Å²) in [5.41, 5.74) is 6.53. The van der Waals surface area contributed by atoms with E-state index in [4.69, 9.17) is 10.1 Å². The van der Waals surface area contributed by atoms with Gasteiger partial charge >= 0.3 is 0 Å². The highest BCUT2D eigenvalue weighted by Gasteiger charge is 2.34. The molecule has 0 spiro atoms. The molecule has 1 aliphatic carbocycles. The van der Waals surface area contributed by atoms with Crippen molar-refractivity contribution in [1.82, 2.24) is 24.4 Å². The molecule has 1 aromatic carbocycles. The van der Waals surface area contributed by atoms with Crippen LogP contribution < -0.4 is 15.7 Å². The number of pyridine rings is 2.